The molecule has 1 aromatic heterocycles. The summed E-state index contributed by atoms with van der Waals surface area (Å²) in [5, 5.41) is 21.3. The second kappa shape index (κ2) is 16.5. The van der Waals surface area contributed by atoms with Crippen LogP contribution in [0.25, 0.3) is 0 Å². The molecule has 0 saturated carbocycles. The van der Waals surface area contributed by atoms with E-state index in [1.54, 1.807) is 11.7 Å². The van der Waals surface area contributed by atoms with Crippen molar-refractivity contribution in [3.8, 4) is 0 Å². The number of rotatable bonds is 13. The highest BCUT2D eigenvalue weighted by molar-refractivity contribution is 7.09. The van der Waals surface area contributed by atoms with Crippen LogP contribution in [0.5, 0.6) is 0 Å². The Morgan fingerprint density at radius 3 is 2.33 bits per heavy atom. The number of morpholine rings is 1. The molecule has 0 radical (unpaired) electrons. The number of ether oxygens (including phenoxy) is 2. The smallest absolute Gasteiger partial charge is 0.407 e. The van der Waals surface area contributed by atoms with Crippen LogP contribution in [0.2, 0.25) is 0 Å². The van der Waals surface area contributed by atoms with Gasteiger partial charge in [-0.2, -0.15) is 0 Å². The summed E-state index contributed by atoms with van der Waals surface area (Å²) >= 11 is 1.46. The lowest BCUT2D eigenvalue weighted by atomic mass is 9.84. The van der Waals surface area contributed by atoms with Crippen molar-refractivity contribution in [3.05, 3.63) is 118 Å². The number of nitrogens with zero attached hydrogens (tertiary/aromatic N) is 1. The Kier molecular flexibility index (Phi) is 11.7. The lowest BCUT2D eigenvalue weighted by molar-refractivity contribution is -0.118. The number of carboxylic acid groups (broad SMARTS) is 1. The topological polar surface area (TPSA) is 151 Å². The van der Waals surface area contributed by atoms with Gasteiger partial charge in [0.15, 0.2) is 0 Å². The molecular formula is C34H37N5O6S. The molecule has 5 rings (SSSR count). The number of aryl methyl sites for hydroxylation is 1. The van der Waals surface area contributed by atoms with Crippen LogP contribution >= 0.6 is 11.3 Å². The van der Waals surface area contributed by atoms with Gasteiger partial charge in [0.25, 0.3) is 0 Å². The number of alkyl carbamates (subject to hydrolysis) is 1. The number of amides is 3. The quantitative estimate of drug-likeness (QED) is 0.140. The zero-order valence-electron chi connectivity index (χ0n) is 25.1. The van der Waals surface area contributed by atoms with E-state index in [1.165, 1.54) is 11.3 Å². The molecule has 1 saturated heterocycles. The maximum absolute atomic E-state index is 13.8. The highest BCUT2D eigenvalue weighted by Gasteiger charge is 2.33. The highest BCUT2D eigenvalue weighted by atomic mass is 32.1. The normalized spacial score (nSPS) is 16.7. The lowest BCUT2D eigenvalue weighted by Crippen LogP contribution is -2.49. The molecule has 0 unspecified atom stereocenters. The summed E-state index contributed by atoms with van der Waals surface area (Å²) in [6, 6.07) is 25.1. The van der Waals surface area contributed by atoms with Crippen molar-refractivity contribution in [2.24, 2.45) is 0 Å². The second-order valence-corrected chi connectivity index (χ2v) is 11.9. The van der Waals surface area contributed by atoms with Crippen LogP contribution in [-0.4, -0.2) is 66.1 Å². The summed E-state index contributed by atoms with van der Waals surface area (Å²) in [4.78, 5) is 42.7. The van der Waals surface area contributed by atoms with Gasteiger partial charge in [-0.15, -0.1) is 11.3 Å². The largest absolute Gasteiger partial charge is 0.465 e. The molecule has 1 aliphatic heterocycles. The average Bonchev–Trinajstić information content (AvgIpc) is 3.61. The first-order valence-corrected chi connectivity index (χ1v) is 16.0. The maximum Gasteiger partial charge on any atom is 0.407 e. The summed E-state index contributed by atoms with van der Waals surface area (Å²) in [7, 11) is 0. The Morgan fingerprint density at radius 1 is 1.00 bits per heavy atom. The summed E-state index contributed by atoms with van der Waals surface area (Å²) < 4.78 is 11.4. The number of carbonyl (C=O) groups is 3. The second-order valence-electron chi connectivity index (χ2n) is 10.9. The molecule has 240 valence electrons. The fourth-order valence-electron chi connectivity index (χ4n) is 5.40. The Labute approximate surface area is 271 Å². The molecule has 2 heterocycles. The minimum absolute atomic E-state index is 0.0675. The van der Waals surface area contributed by atoms with Crippen LogP contribution < -0.4 is 21.3 Å². The SMILES string of the molecule is O=C(O)N[C@H](C(=O)Nc1ccccc1CC[C@@H]1CN[C@H](COC(=O)NCc2cncs2)CO1)C(c1ccccc1)c1ccccc1. The molecule has 0 aliphatic carbocycles. The van der Waals surface area contributed by atoms with E-state index >= 15 is 0 Å². The number of anilines is 1. The molecule has 1 fully saturated rings. The van der Waals surface area contributed by atoms with E-state index in [0.29, 0.717) is 38.2 Å². The van der Waals surface area contributed by atoms with Crippen LogP contribution in [0, 0.1) is 0 Å². The first-order valence-electron chi connectivity index (χ1n) is 15.1. The molecule has 3 aromatic carbocycles. The van der Waals surface area contributed by atoms with E-state index in [9.17, 15) is 19.5 Å². The van der Waals surface area contributed by atoms with Crippen LogP contribution in [0.15, 0.2) is 96.6 Å². The zero-order valence-corrected chi connectivity index (χ0v) is 26.0. The predicted molar refractivity (Wildman–Crippen MR) is 175 cm³/mol. The minimum atomic E-state index is -1.28. The van der Waals surface area contributed by atoms with E-state index < -0.39 is 30.1 Å². The van der Waals surface area contributed by atoms with Gasteiger partial charge in [-0.1, -0.05) is 78.9 Å². The number of para-hydroxylation sites is 1. The molecule has 5 N–H and O–H groups in total. The Bertz CT molecular complexity index is 1510. The number of nitrogens with one attached hydrogen (secondary N) is 4. The highest BCUT2D eigenvalue weighted by Crippen LogP contribution is 2.30. The Balaban J connectivity index is 1.16. The fourth-order valence-corrected chi connectivity index (χ4v) is 5.93. The molecule has 12 heteroatoms. The summed E-state index contributed by atoms with van der Waals surface area (Å²) in [5.41, 5.74) is 4.87. The van der Waals surface area contributed by atoms with Crippen molar-refractivity contribution in [2.45, 2.75) is 43.5 Å². The number of thiazole rings is 1. The number of benzene rings is 3. The molecular weight excluding hydrogens is 606 g/mol. The van der Waals surface area contributed by atoms with Gasteiger partial charge >= 0.3 is 12.2 Å². The van der Waals surface area contributed by atoms with Crippen LogP contribution in [0.1, 0.15) is 33.9 Å². The van der Waals surface area contributed by atoms with Crippen LogP contribution in [0.3, 0.4) is 0 Å². The zero-order chi connectivity index (χ0) is 32.1. The molecule has 46 heavy (non-hydrogen) atoms. The molecule has 0 spiro atoms. The third kappa shape index (κ3) is 9.36. The van der Waals surface area contributed by atoms with Gasteiger partial charge in [0.2, 0.25) is 5.91 Å². The van der Waals surface area contributed by atoms with Gasteiger partial charge in [0.1, 0.15) is 12.6 Å². The standard InChI is InChI=1S/C34H37N5O6S/c40-32(31(39-33(41)42)30(24-10-3-1-4-11-24)25-12-5-2-6-13-25)38-29-14-8-7-9-23(29)15-16-27-17-36-26(20-44-27)21-45-34(43)37-19-28-18-35-22-46-28/h1-14,18,22,26-27,30-31,36,39H,15-17,19-21H2,(H,37,43)(H,38,40)(H,41,42)/t26-,27+,31-/m0/s1. The number of aromatic nitrogens is 1. The van der Waals surface area contributed by atoms with Crippen molar-refractivity contribution in [3.63, 3.8) is 0 Å². The van der Waals surface area contributed by atoms with Gasteiger partial charge in [-0.25, -0.2) is 9.59 Å². The summed E-state index contributed by atoms with van der Waals surface area (Å²) in [6.45, 7) is 1.55. The molecule has 3 atom stereocenters. The average molecular weight is 644 g/mol. The number of hydrogen-bond donors (Lipinski definition) is 5. The van der Waals surface area contributed by atoms with Gasteiger partial charge in [0, 0.05) is 29.2 Å². The molecule has 1 aliphatic rings. The van der Waals surface area contributed by atoms with Gasteiger partial charge < -0.3 is 35.8 Å². The van der Waals surface area contributed by atoms with Crippen molar-refractivity contribution < 1.29 is 29.0 Å². The first kappa shape index (κ1) is 32.6. The minimum Gasteiger partial charge on any atom is -0.465 e. The van der Waals surface area contributed by atoms with Crippen molar-refractivity contribution in [1.82, 2.24) is 20.9 Å². The predicted octanol–water partition coefficient (Wildman–Crippen LogP) is 4.77. The van der Waals surface area contributed by atoms with E-state index in [4.69, 9.17) is 9.47 Å². The first-order chi connectivity index (χ1) is 22.5. The van der Waals surface area contributed by atoms with E-state index in [-0.39, 0.29) is 18.8 Å². The Morgan fingerprint density at radius 2 is 1.70 bits per heavy atom. The van der Waals surface area contributed by atoms with Crippen molar-refractivity contribution >= 4 is 35.1 Å². The van der Waals surface area contributed by atoms with Gasteiger partial charge in [0.05, 0.1) is 30.8 Å². The molecule has 3 amide bonds. The third-order valence-electron chi connectivity index (χ3n) is 7.70. The van der Waals surface area contributed by atoms with E-state index in [1.807, 2.05) is 84.9 Å². The molecule has 11 nitrogen and oxygen atoms in total. The van der Waals surface area contributed by atoms with Crippen LogP contribution in [0.4, 0.5) is 15.3 Å². The van der Waals surface area contributed by atoms with Gasteiger partial charge in [-0.3, -0.25) is 9.78 Å². The fraction of sp³-hybridized carbons (Fsp3) is 0.294. The molecule has 0 bridgehead atoms. The third-order valence-corrected chi connectivity index (χ3v) is 8.48. The summed E-state index contributed by atoms with van der Waals surface area (Å²) in [6.07, 6.45) is 1.18. The maximum atomic E-state index is 13.8. The van der Waals surface area contributed by atoms with Crippen molar-refractivity contribution in [2.75, 3.05) is 25.1 Å². The monoisotopic (exact) mass is 643 g/mol. The lowest BCUT2D eigenvalue weighted by Gasteiger charge is -2.30. The van der Waals surface area contributed by atoms with E-state index in [0.717, 1.165) is 21.6 Å². The number of hydrogen-bond acceptors (Lipinski definition) is 8. The molecule has 4 aromatic rings. The van der Waals surface area contributed by atoms with Gasteiger partial charge in [-0.05, 0) is 35.6 Å². The van der Waals surface area contributed by atoms with Crippen LogP contribution in [-0.2, 0) is 27.2 Å². The van der Waals surface area contributed by atoms with Crippen molar-refractivity contribution in [1.29, 1.82) is 0 Å². The summed E-state index contributed by atoms with van der Waals surface area (Å²) in [5.74, 6) is -1.00. The number of carbonyl (C=O) groups excluding carboxylic acids is 2. The van der Waals surface area contributed by atoms with E-state index in [2.05, 4.69) is 26.3 Å². The Hall–Kier alpha value is -4.78.